The van der Waals surface area contributed by atoms with Gasteiger partial charge in [0.25, 0.3) is 29.2 Å². The van der Waals surface area contributed by atoms with Gasteiger partial charge in [0.05, 0.1) is 17.2 Å². The summed E-state index contributed by atoms with van der Waals surface area (Å²) in [5.41, 5.74) is 4.06. The van der Waals surface area contributed by atoms with E-state index in [1.54, 1.807) is 61.8 Å². The third-order valence-electron chi connectivity index (χ3n) is 10.5. The van der Waals surface area contributed by atoms with Crippen LogP contribution in [-0.2, 0) is 23.2 Å². The first-order chi connectivity index (χ1) is 28.1. The lowest BCUT2D eigenvalue weighted by molar-refractivity contribution is -0.136. The van der Waals surface area contributed by atoms with Crippen LogP contribution in [-0.4, -0.2) is 75.1 Å². The maximum Gasteiger partial charge on any atom is 0.274 e. The summed E-state index contributed by atoms with van der Waals surface area (Å²) in [4.78, 5) is 93.5. The van der Waals surface area contributed by atoms with E-state index < -0.39 is 29.7 Å². The normalized spacial score (nSPS) is 16.3. The van der Waals surface area contributed by atoms with Crippen molar-refractivity contribution in [2.45, 2.75) is 57.2 Å². The number of hydrogen-bond donors (Lipinski definition) is 5. The van der Waals surface area contributed by atoms with Gasteiger partial charge >= 0.3 is 0 Å². The fraction of sp³-hybridized carbons (Fsp3) is 0.279. The molecule has 1 aliphatic carbocycles. The summed E-state index contributed by atoms with van der Waals surface area (Å²) < 4.78 is 7.64. The molecule has 5 aromatic rings. The third-order valence-corrected chi connectivity index (χ3v) is 10.5. The second-order valence-electron chi connectivity index (χ2n) is 14.7. The minimum absolute atomic E-state index is 0.0459. The molecule has 3 aromatic carbocycles. The number of aryl methyl sites for hydroxylation is 1. The van der Waals surface area contributed by atoms with Crippen molar-refractivity contribution in [2.24, 2.45) is 7.05 Å². The number of H-pyrrole nitrogens is 1. The van der Waals surface area contributed by atoms with Gasteiger partial charge in [0.1, 0.15) is 23.0 Å². The van der Waals surface area contributed by atoms with Crippen LogP contribution in [0.2, 0.25) is 0 Å². The van der Waals surface area contributed by atoms with Gasteiger partial charge in [-0.05, 0) is 74.1 Å². The molecule has 4 heterocycles. The van der Waals surface area contributed by atoms with Gasteiger partial charge in [-0.2, -0.15) is 0 Å². The summed E-state index contributed by atoms with van der Waals surface area (Å²) in [5.74, 6) is -2.13. The number of nitrogens with one attached hydrogen (secondary N) is 5. The van der Waals surface area contributed by atoms with Crippen LogP contribution < -0.4 is 31.6 Å². The van der Waals surface area contributed by atoms with Gasteiger partial charge in [-0.25, -0.2) is 0 Å². The average molecular weight is 784 g/mol. The largest absolute Gasteiger partial charge is 0.490 e. The molecule has 0 spiro atoms. The number of hydrogen-bond acceptors (Lipinski definition) is 9. The van der Waals surface area contributed by atoms with Crippen molar-refractivity contribution in [1.29, 1.82) is 0 Å². The summed E-state index contributed by atoms with van der Waals surface area (Å²) in [6, 6.07) is 20.1. The number of amides is 6. The number of piperidine rings is 1. The predicted octanol–water partition coefficient (Wildman–Crippen LogP) is 4.03. The Bertz CT molecular complexity index is 2550. The summed E-state index contributed by atoms with van der Waals surface area (Å²) >= 11 is 0. The third kappa shape index (κ3) is 7.57. The Kier molecular flexibility index (Phi) is 10.3. The van der Waals surface area contributed by atoms with Gasteiger partial charge in [0.15, 0.2) is 0 Å². The maximum atomic E-state index is 13.3. The smallest absolute Gasteiger partial charge is 0.274 e. The van der Waals surface area contributed by atoms with E-state index in [1.807, 2.05) is 24.3 Å². The van der Waals surface area contributed by atoms with Gasteiger partial charge in [-0.15, -0.1) is 0 Å². The second-order valence-corrected chi connectivity index (χ2v) is 14.7. The maximum absolute atomic E-state index is 13.3. The second kappa shape index (κ2) is 15.8. The molecule has 15 heteroatoms. The molecular formula is C43H41N7O8. The van der Waals surface area contributed by atoms with Crippen molar-refractivity contribution >= 4 is 52.0 Å². The summed E-state index contributed by atoms with van der Waals surface area (Å²) in [6.07, 6.45) is 5.39. The Hall–Kier alpha value is -7.03. The first-order valence-electron chi connectivity index (χ1n) is 19.3. The van der Waals surface area contributed by atoms with E-state index >= 15 is 0 Å². The van der Waals surface area contributed by atoms with Crippen LogP contribution in [0.4, 0.5) is 5.69 Å². The molecular weight excluding hydrogens is 743 g/mol. The first kappa shape index (κ1) is 37.9. The monoisotopic (exact) mass is 783 g/mol. The van der Waals surface area contributed by atoms with Crippen LogP contribution in [0.15, 0.2) is 83.8 Å². The molecule has 0 radical (unpaired) electrons. The van der Waals surface area contributed by atoms with E-state index in [0.717, 1.165) is 40.2 Å². The van der Waals surface area contributed by atoms with Crippen LogP contribution in [0.1, 0.15) is 85.7 Å². The van der Waals surface area contributed by atoms with E-state index in [4.69, 9.17) is 4.74 Å². The lowest BCUT2D eigenvalue weighted by atomic mass is 10.0. The number of imide groups is 2. The minimum Gasteiger partial charge on any atom is -0.490 e. The van der Waals surface area contributed by atoms with Crippen molar-refractivity contribution in [3.05, 3.63) is 117 Å². The Balaban J connectivity index is 0.811. The van der Waals surface area contributed by atoms with Crippen LogP contribution in [0.5, 0.6) is 5.75 Å². The molecule has 5 N–H and O–H groups in total. The number of unbranched alkanes of at least 4 members (excludes halogenated alkanes) is 1. The zero-order valence-corrected chi connectivity index (χ0v) is 31.7. The van der Waals surface area contributed by atoms with Gasteiger partial charge in [-0.3, -0.25) is 43.8 Å². The highest BCUT2D eigenvalue weighted by atomic mass is 16.5. The highest BCUT2D eigenvalue weighted by Gasteiger charge is 2.45. The van der Waals surface area contributed by atoms with E-state index in [0.29, 0.717) is 48.1 Å². The van der Waals surface area contributed by atoms with Crippen molar-refractivity contribution in [3.8, 4) is 16.9 Å². The molecule has 8 rings (SSSR count). The molecule has 296 valence electrons. The summed E-state index contributed by atoms with van der Waals surface area (Å²) in [5, 5.41) is 11.8. The SMILES string of the molecule is Cn1cc(-c2ccccc2OC2CC2)c2cc(C(=O)NCc3ccc(C(=O)NCCCCNc4cccc5c4C(=O)N(C4CCC(=O)NC4=O)C5=O)cc3)[nH]c2c1=O. The molecule has 1 unspecified atom stereocenters. The number of benzene rings is 3. The lowest BCUT2D eigenvalue weighted by Crippen LogP contribution is -2.54. The molecule has 2 aliphatic heterocycles. The molecule has 1 atom stereocenters. The molecule has 58 heavy (non-hydrogen) atoms. The van der Waals surface area contributed by atoms with Gasteiger partial charge in [0.2, 0.25) is 11.8 Å². The number of fused-ring (bicyclic) bond motifs is 2. The van der Waals surface area contributed by atoms with Crippen LogP contribution in [0.3, 0.4) is 0 Å². The Morgan fingerprint density at radius 1 is 0.810 bits per heavy atom. The number of aromatic nitrogens is 2. The number of pyridine rings is 1. The Morgan fingerprint density at radius 2 is 1.57 bits per heavy atom. The van der Waals surface area contributed by atoms with Crippen molar-refractivity contribution in [1.82, 2.24) is 30.4 Å². The van der Waals surface area contributed by atoms with Crippen molar-refractivity contribution in [2.75, 3.05) is 18.4 Å². The highest BCUT2D eigenvalue weighted by Crippen LogP contribution is 2.38. The van der Waals surface area contributed by atoms with Crippen molar-refractivity contribution < 1.29 is 33.5 Å². The van der Waals surface area contributed by atoms with E-state index in [9.17, 15) is 33.6 Å². The standard InChI is InChI=1S/C43H41N7O8/c1-49-23-30(27-7-2-3-10-34(27)58-26-15-16-26)29-21-32(47-37(29)43(49)57)39(53)46-22-24-11-13-25(14-12-24)38(52)45-20-5-4-19-44-31-9-6-8-28-36(31)42(56)50(41(28)55)33-17-18-35(51)48-40(33)54/h2-3,6-14,21,23,26,33,44,47H,4-5,15-20,22H2,1H3,(H,45,52)(H,46,53)(H,48,51,54). The molecule has 2 fully saturated rings. The Labute approximate surface area is 332 Å². The predicted molar refractivity (Wildman–Crippen MR) is 213 cm³/mol. The number of nitrogens with zero attached hydrogens (tertiary/aromatic N) is 2. The molecule has 6 amide bonds. The van der Waals surface area contributed by atoms with Gasteiger partial charge in [0, 0.05) is 67.1 Å². The zero-order valence-electron chi connectivity index (χ0n) is 31.7. The number of anilines is 1. The molecule has 3 aliphatic rings. The average Bonchev–Trinajstić information content (AvgIpc) is 3.86. The number of aromatic amines is 1. The lowest BCUT2D eigenvalue weighted by Gasteiger charge is -2.27. The summed E-state index contributed by atoms with van der Waals surface area (Å²) in [7, 11) is 1.68. The molecule has 0 bridgehead atoms. The number of carbonyl (C=O) groups is 6. The van der Waals surface area contributed by atoms with Crippen LogP contribution in [0.25, 0.3) is 22.0 Å². The Morgan fingerprint density at radius 3 is 2.34 bits per heavy atom. The molecule has 1 saturated carbocycles. The fourth-order valence-corrected chi connectivity index (χ4v) is 7.32. The van der Waals surface area contributed by atoms with Crippen molar-refractivity contribution in [3.63, 3.8) is 0 Å². The van der Waals surface area contributed by atoms with E-state index in [-0.39, 0.29) is 59.7 Å². The molecule has 15 nitrogen and oxygen atoms in total. The quantitative estimate of drug-likeness (QED) is 0.0815. The molecule has 2 aromatic heterocycles. The van der Waals surface area contributed by atoms with Gasteiger partial charge < -0.3 is 30.2 Å². The number of carbonyl (C=O) groups excluding carboxylic acids is 6. The van der Waals surface area contributed by atoms with E-state index in [2.05, 4.69) is 26.3 Å². The van der Waals surface area contributed by atoms with Crippen LogP contribution >= 0.6 is 0 Å². The summed E-state index contributed by atoms with van der Waals surface area (Å²) in [6.45, 7) is 1.07. The van der Waals surface area contributed by atoms with E-state index in [1.165, 1.54) is 4.57 Å². The molecule has 1 saturated heterocycles. The zero-order chi connectivity index (χ0) is 40.5. The number of ether oxygens (including phenoxy) is 1. The highest BCUT2D eigenvalue weighted by molar-refractivity contribution is 6.25. The van der Waals surface area contributed by atoms with Crippen LogP contribution in [0, 0.1) is 0 Å². The topological polar surface area (TPSA) is 201 Å². The first-order valence-corrected chi connectivity index (χ1v) is 19.3. The minimum atomic E-state index is -1.04. The number of rotatable bonds is 14. The number of para-hydroxylation sites is 1. The van der Waals surface area contributed by atoms with Gasteiger partial charge in [-0.1, -0.05) is 36.4 Å². The fourth-order valence-electron chi connectivity index (χ4n) is 7.32.